The molecule has 1 atom stereocenters. The Bertz CT molecular complexity index is 587. The lowest BCUT2D eigenvalue weighted by atomic mass is 9.79. The van der Waals surface area contributed by atoms with E-state index in [1.807, 2.05) is 11.8 Å². The first kappa shape index (κ1) is 14.7. The summed E-state index contributed by atoms with van der Waals surface area (Å²) in [5.74, 6) is 1.87. The van der Waals surface area contributed by atoms with Gasteiger partial charge in [-0.3, -0.25) is 0 Å². The summed E-state index contributed by atoms with van der Waals surface area (Å²) in [4.78, 5) is 1.32. The second-order valence-electron chi connectivity index (χ2n) is 5.78. The first-order valence-corrected chi connectivity index (χ1v) is 8.84. The first-order valence-electron chi connectivity index (χ1n) is 7.86. The van der Waals surface area contributed by atoms with Crippen LogP contribution in [0.3, 0.4) is 0 Å². The van der Waals surface area contributed by atoms with Crippen molar-refractivity contribution in [2.45, 2.75) is 43.0 Å². The molecule has 3 rings (SSSR count). The van der Waals surface area contributed by atoms with Gasteiger partial charge in [-0.15, -0.1) is 11.8 Å². The SMILES string of the molecule is CCSc1ccc(C(N)c2cccc(C3CCC3)c2)cc1. The normalized spacial score (nSPS) is 16.5. The highest BCUT2D eigenvalue weighted by molar-refractivity contribution is 7.99. The fourth-order valence-electron chi connectivity index (χ4n) is 2.88. The molecule has 0 radical (unpaired) electrons. The van der Waals surface area contributed by atoms with Gasteiger partial charge in [0.05, 0.1) is 6.04 Å². The summed E-state index contributed by atoms with van der Waals surface area (Å²) in [7, 11) is 0. The number of benzene rings is 2. The van der Waals surface area contributed by atoms with Gasteiger partial charge >= 0.3 is 0 Å². The van der Waals surface area contributed by atoms with Gasteiger partial charge in [-0.1, -0.05) is 49.7 Å². The first-order chi connectivity index (χ1) is 10.3. The summed E-state index contributed by atoms with van der Waals surface area (Å²) in [6.07, 6.45) is 4.04. The van der Waals surface area contributed by atoms with E-state index in [0.29, 0.717) is 0 Å². The van der Waals surface area contributed by atoms with Gasteiger partial charge in [-0.05, 0) is 53.3 Å². The van der Waals surface area contributed by atoms with Crippen molar-refractivity contribution in [1.82, 2.24) is 0 Å². The minimum atomic E-state index is -0.0225. The third-order valence-corrected chi connectivity index (χ3v) is 5.29. The van der Waals surface area contributed by atoms with E-state index in [-0.39, 0.29) is 6.04 Å². The molecule has 0 saturated heterocycles. The van der Waals surface area contributed by atoms with Crippen molar-refractivity contribution in [2.75, 3.05) is 5.75 Å². The van der Waals surface area contributed by atoms with E-state index in [1.54, 1.807) is 0 Å². The van der Waals surface area contributed by atoms with Crippen LogP contribution in [0.1, 0.15) is 54.8 Å². The van der Waals surface area contributed by atoms with E-state index in [1.165, 1.54) is 40.8 Å². The third kappa shape index (κ3) is 3.33. The quantitative estimate of drug-likeness (QED) is 0.776. The molecule has 0 spiro atoms. The fraction of sp³-hybridized carbons (Fsp3) is 0.368. The summed E-state index contributed by atoms with van der Waals surface area (Å²) in [6.45, 7) is 2.18. The minimum Gasteiger partial charge on any atom is -0.320 e. The second kappa shape index (κ2) is 6.67. The molecule has 0 amide bonds. The molecule has 2 aromatic carbocycles. The number of hydrogen-bond donors (Lipinski definition) is 1. The highest BCUT2D eigenvalue weighted by Crippen LogP contribution is 2.37. The van der Waals surface area contributed by atoms with Gasteiger partial charge < -0.3 is 5.73 Å². The summed E-state index contributed by atoms with van der Waals surface area (Å²) < 4.78 is 0. The molecular weight excluding hydrogens is 274 g/mol. The van der Waals surface area contributed by atoms with E-state index in [2.05, 4.69) is 55.5 Å². The Balaban J connectivity index is 1.78. The maximum atomic E-state index is 6.46. The van der Waals surface area contributed by atoms with Gasteiger partial charge in [0, 0.05) is 4.90 Å². The molecule has 0 bridgehead atoms. The molecule has 2 aromatic rings. The Morgan fingerprint density at radius 3 is 2.48 bits per heavy atom. The lowest BCUT2D eigenvalue weighted by molar-refractivity contribution is 0.419. The lowest BCUT2D eigenvalue weighted by Crippen LogP contribution is -2.14. The Kier molecular flexibility index (Phi) is 4.67. The van der Waals surface area contributed by atoms with Crippen LogP contribution in [0.5, 0.6) is 0 Å². The molecule has 0 aliphatic heterocycles. The number of thioether (sulfide) groups is 1. The van der Waals surface area contributed by atoms with Gasteiger partial charge in [0.25, 0.3) is 0 Å². The third-order valence-electron chi connectivity index (χ3n) is 4.40. The van der Waals surface area contributed by atoms with Crippen molar-refractivity contribution < 1.29 is 0 Å². The van der Waals surface area contributed by atoms with Crippen LogP contribution in [-0.2, 0) is 0 Å². The smallest absolute Gasteiger partial charge is 0.0551 e. The van der Waals surface area contributed by atoms with Crippen LogP contribution in [0.2, 0.25) is 0 Å². The topological polar surface area (TPSA) is 26.0 Å². The molecule has 1 aliphatic rings. The molecule has 0 aromatic heterocycles. The average molecular weight is 297 g/mol. The van der Waals surface area contributed by atoms with Crippen molar-refractivity contribution in [3.63, 3.8) is 0 Å². The predicted octanol–water partition coefficient (Wildman–Crippen LogP) is 5.11. The van der Waals surface area contributed by atoms with E-state index in [4.69, 9.17) is 5.73 Å². The summed E-state index contributed by atoms with van der Waals surface area (Å²) in [5.41, 5.74) is 10.4. The molecule has 2 N–H and O–H groups in total. The van der Waals surface area contributed by atoms with E-state index < -0.39 is 0 Å². The van der Waals surface area contributed by atoms with Crippen molar-refractivity contribution in [1.29, 1.82) is 0 Å². The monoisotopic (exact) mass is 297 g/mol. The van der Waals surface area contributed by atoms with Gasteiger partial charge in [0.15, 0.2) is 0 Å². The molecule has 1 saturated carbocycles. The van der Waals surface area contributed by atoms with Crippen LogP contribution < -0.4 is 5.73 Å². The fourth-order valence-corrected chi connectivity index (χ4v) is 3.54. The summed E-state index contributed by atoms with van der Waals surface area (Å²) in [6, 6.07) is 17.5. The molecule has 1 aliphatic carbocycles. The highest BCUT2D eigenvalue weighted by atomic mass is 32.2. The second-order valence-corrected chi connectivity index (χ2v) is 7.12. The van der Waals surface area contributed by atoms with E-state index >= 15 is 0 Å². The highest BCUT2D eigenvalue weighted by Gasteiger charge is 2.20. The number of rotatable bonds is 5. The van der Waals surface area contributed by atoms with Crippen LogP contribution in [0.15, 0.2) is 53.4 Å². The van der Waals surface area contributed by atoms with E-state index in [0.717, 1.165) is 11.7 Å². The lowest BCUT2D eigenvalue weighted by Gasteiger charge is -2.26. The molecule has 0 heterocycles. The van der Waals surface area contributed by atoms with Gasteiger partial charge in [0.2, 0.25) is 0 Å². The average Bonchev–Trinajstić information content (AvgIpc) is 2.46. The van der Waals surface area contributed by atoms with Crippen LogP contribution in [0.4, 0.5) is 0 Å². The zero-order chi connectivity index (χ0) is 14.7. The Hall–Kier alpha value is -1.25. The predicted molar refractivity (Wildman–Crippen MR) is 91.9 cm³/mol. The van der Waals surface area contributed by atoms with Crippen molar-refractivity contribution in [2.24, 2.45) is 5.73 Å². The Morgan fingerprint density at radius 2 is 1.86 bits per heavy atom. The maximum absolute atomic E-state index is 6.46. The van der Waals surface area contributed by atoms with Gasteiger partial charge in [-0.2, -0.15) is 0 Å². The molecule has 2 heteroatoms. The Morgan fingerprint density at radius 1 is 1.10 bits per heavy atom. The molecular formula is C19H23NS. The van der Waals surface area contributed by atoms with Gasteiger partial charge in [0.1, 0.15) is 0 Å². The number of hydrogen-bond acceptors (Lipinski definition) is 2. The molecule has 110 valence electrons. The van der Waals surface area contributed by atoms with E-state index in [9.17, 15) is 0 Å². The van der Waals surface area contributed by atoms with Crippen molar-refractivity contribution >= 4 is 11.8 Å². The number of nitrogens with two attached hydrogens (primary N) is 1. The van der Waals surface area contributed by atoms with Crippen molar-refractivity contribution in [3.8, 4) is 0 Å². The summed E-state index contributed by atoms with van der Waals surface area (Å²) in [5, 5.41) is 0. The van der Waals surface area contributed by atoms with Crippen LogP contribution >= 0.6 is 11.8 Å². The van der Waals surface area contributed by atoms with Crippen LogP contribution in [0, 0.1) is 0 Å². The van der Waals surface area contributed by atoms with Crippen LogP contribution in [-0.4, -0.2) is 5.75 Å². The molecule has 1 nitrogen and oxygen atoms in total. The standard InChI is InChI=1S/C19H23NS/c1-2-21-18-11-9-15(10-12-18)19(20)17-8-4-7-16(13-17)14-5-3-6-14/h4,7-14,19H,2-3,5-6,20H2,1H3. The zero-order valence-corrected chi connectivity index (χ0v) is 13.4. The molecule has 1 fully saturated rings. The Labute approximate surface area is 132 Å². The maximum Gasteiger partial charge on any atom is 0.0551 e. The minimum absolute atomic E-state index is 0.0225. The van der Waals surface area contributed by atoms with Gasteiger partial charge in [-0.25, -0.2) is 0 Å². The molecule has 21 heavy (non-hydrogen) atoms. The largest absolute Gasteiger partial charge is 0.320 e. The van der Waals surface area contributed by atoms with Crippen molar-refractivity contribution in [3.05, 3.63) is 65.2 Å². The summed E-state index contributed by atoms with van der Waals surface area (Å²) >= 11 is 1.87. The van der Waals surface area contributed by atoms with Crippen LogP contribution in [0.25, 0.3) is 0 Å². The zero-order valence-electron chi connectivity index (χ0n) is 12.6. The molecule has 1 unspecified atom stereocenters.